The van der Waals surface area contributed by atoms with Crippen LogP contribution in [0.15, 0.2) is 0 Å². The van der Waals surface area contributed by atoms with Crippen LogP contribution in [-0.4, -0.2) is 26.4 Å². The van der Waals surface area contributed by atoms with E-state index >= 15 is 0 Å². The van der Waals surface area contributed by atoms with Crippen LogP contribution in [0.1, 0.15) is 46.5 Å². The molecule has 0 rings (SSSR count). The molecule has 0 saturated carbocycles. The zero-order valence-electron chi connectivity index (χ0n) is 10.4. The number of hydrogen-bond acceptors (Lipinski definition) is 2. The smallest absolute Gasteiger partial charge is 0.0598 e. The fourth-order valence-corrected chi connectivity index (χ4v) is 1.76. The first kappa shape index (κ1) is 13.9. The van der Waals surface area contributed by atoms with Crippen molar-refractivity contribution in [2.24, 2.45) is 5.92 Å². The molecule has 0 heterocycles. The van der Waals surface area contributed by atoms with Crippen LogP contribution < -0.4 is 0 Å². The molecule has 0 bridgehead atoms. The van der Waals surface area contributed by atoms with Gasteiger partial charge in [0.15, 0.2) is 0 Å². The molecule has 14 heavy (non-hydrogen) atoms. The van der Waals surface area contributed by atoms with Gasteiger partial charge in [0.1, 0.15) is 0 Å². The molecule has 0 amide bonds. The lowest BCUT2D eigenvalue weighted by Crippen LogP contribution is -2.22. The van der Waals surface area contributed by atoms with Gasteiger partial charge in [-0.3, -0.25) is 0 Å². The van der Waals surface area contributed by atoms with Crippen LogP contribution in [0, 0.1) is 5.92 Å². The van der Waals surface area contributed by atoms with E-state index in [0.29, 0.717) is 18.1 Å². The second kappa shape index (κ2) is 8.25. The van der Waals surface area contributed by atoms with Crippen molar-refractivity contribution in [1.29, 1.82) is 0 Å². The minimum atomic E-state index is 0.353. The van der Waals surface area contributed by atoms with E-state index in [2.05, 4.69) is 20.8 Å². The molecular formula is C12H26O2. The Kier molecular flexibility index (Phi) is 8.20. The second-order valence-electron chi connectivity index (χ2n) is 4.37. The highest BCUT2D eigenvalue weighted by Crippen LogP contribution is 2.16. The van der Waals surface area contributed by atoms with Crippen molar-refractivity contribution in [3.63, 3.8) is 0 Å². The summed E-state index contributed by atoms with van der Waals surface area (Å²) < 4.78 is 10.9. The third-order valence-electron chi connectivity index (χ3n) is 2.54. The van der Waals surface area contributed by atoms with Gasteiger partial charge in [-0.05, 0) is 25.2 Å². The minimum Gasteiger partial charge on any atom is -0.381 e. The van der Waals surface area contributed by atoms with E-state index in [-0.39, 0.29) is 0 Å². The maximum absolute atomic E-state index is 5.46. The lowest BCUT2D eigenvalue weighted by molar-refractivity contribution is 0.0101. The van der Waals surface area contributed by atoms with Gasteiger partial charge >= 0.3 is 0 Å². The molecule has 0 aromatic rings. The quantitative estimate of drug-likeness (QED) is 0.601. The van der Waals surface area contributed by atoms with E-state index < -0.39 is 0 Å². The van der Waals surface area contributed by atoms with Gasteiger partial charge in [-0.2, -0.15) is 0 Å². The average molecular weight is 202 g/mol. The Morgan fingerprint density at radius 2 is 1.50 bits per heavy atom. The lowest BCUT2D eigenvalue weighted by Gasteiger charge is -2.22. The first-order chi connectivity index (χ1) is 6.63. The summed E-state index contributed by atoms with van der Waals surface area (Å²) in [5.74, 6) is 0.694. The summed E-state index contributed by atoms with van der Waals surface area (Å²) in [7, 11) is 3.59. The molecule has 2 heteroatoms. The molecule has 0 aliphatic heterocycles. The Labute approximate surface area is 89.0 Å². The third kappa shape index (κ3) is 6.39. The highest BCUT2D eigenvalue weighted by atomic mass is 16.5. The molecule has 0 fully saturated rings. The predicted octanol–water partition coefficient (Wildman–Crippen LogP) is 3.25. The van der Waals surface area contributed by atoms with E-state index in [9.17, 15) is 0 Å². The van der Waals surface area contributed by atoms with Crippen molar-refractivity contribution in [3.05, 3.63) is 0 Å². The number of methoxy groups -OCH3 is 2. The molecule has 0 saturated heterocycles. The lowest BCUT2D eigenvalue weighted by atomic mass is 9.99. The molecule has 0 aliphatic carbocycles. The van der Waals surface area contributed by atoms with Crippen LogP contribution >= 0.6 is 0 Å². The molecule has 0 radical (unpaired) electrons. The zero-order valence-corrected chi connectivity index (χ0v) is 10.4. The summed E-state index contributed by atoms with van der Waals surface area (Å²) in [6.07, 6.45) is 5.18. The fraction of sp³-hybridized carbons (Fsp3) is 1.00. The second-order valence-corrected chi connectivity index (χ2v) is 4.37. The fourth-order valence-electron chi connectivity index (χ4n) is 1.76. The van der Waals surface area contributed by atoms with Crippen LogP contribution in [0.4, 0.5) is 0 Å². The molecule has 0 aromatic heterocycles. The minimum absolute atomic E-state index is 0.353. The van der Waals surface area contributed by atoms with Gasteiger partial charge in [0.25, 0.3) is 0 Å². The maximum atomic E-state index is 5.46. The first-order valence-corrected chi connectivity index (χ1v) is 5.69. The van der Waals surface area contributed by atoms with Crippen LogP contribution in [0.25, 0.3) is 0 Å². The normalized spacial score (nSPS) is 15.9. The SMILES string of the molecule is CCCC(CC(CC(C)C)OC)OC. The Morgan fingerprint density at radius 1 is 0.929 bits per heavy atom. The Hall–Kier alpha value is -0.0800. The predicted molar refractivity (Wildman–Crippen MR) is 60.6 cm³/mol. The Morgan fingerprint density at radius 3 is 1.86 bits per heavy atom. The standard InChI is InChI=1S/C12H26O2/c1-6-7-11(13-4)9-12(14-5)8-10(2)3/h10-12H,6-9H2,1-5H3. The van der Waals surface area contributed by atoms with Crippen molar-refractivity contribution >= 4 is 0 Å². The van der Waals surface area contributed by atoms with E-state index in [4.69, 9.17) is 9.47 Å². The highest BCUT2D eigenvalue weighted by Gasteiger charge is 2.16. The number of ether oxygens (including phenoxy) is 2. The topological polar surface area (TPSA) is 18.5 Å². The first-order valence-electron chi connectivity index (χ1n) is 5.69. The average Bonchev–Trinajstić information content (AvgIpc) is 2.15. The summed E-state index contributed by atoms with van der Waals surface area (Å²) in [5.41, 5.74) is 0. The summed E-state index contributed by atoms with van der Waals surface area (Å²) in [6.45, 7) is 6.65. The maximum Gasteiger partial charge on any atom is 0.0598 e. The molecule has 0 N–H and O–H groups in total. The van der Waals surface area contributed by atoms with Crippen LogP contribution in [-0.2, 0) is 9.47 Å². The van der Waals surface area contributed by atoms with Crippen molar-refractivity contribution in [3.8, 4) is 0 Å². The summed E-state index contributed by atoms with van der Waals surface area (Å²) >= 11 is 0. The number of hydrogen-bond donors (Lipinski definition) is 0. The molecule has 0 aliphatic rings. The van der Waals surface area contributed by atoms with E-state index in [1.54, 1.807) is 14.2 Å². The summed E-state index contributed by atoms with van der Waals surface area (Å²) in [4.78, 5) is 0. The Balaban J connectivity index is 3.87. The molecule has 2 atom stereocenters. The van der Waals surface area contributed by atoms with Gasteiger partial charge in [-0.1, -0.05) is 27.2 Å². The van der Waals surface area contributed by atoms with Crippen LogP contribution in [0.5, 0.6) is 0 Å². The number of rotatable bonds is 8. The van der Waals surface area contributed by atoms with Crippen molar-refractivity contribution in [1.82, 2.24) is 0 Å². The Bertz CT molecular complexity index is 123. The van der Waals surface area contributed by atoms with Gasteiger partial charge in [0, 0.05) is 14.2 Å². The van der Waals surface area contributed by atoms with Crippen LogP contribution in [0.3, 0.4) is 0 Å². The van der Waals surface area contributed by atoms with Crippen molar-refractivity contribution < 1.29 is 9.47 Å². The molecule has 86 valence electrons. The molecule has 2 nitrogen and oxygen atoms in total. The molecule has 0 spiro atoms. The van der Waals surface area contributed by atoms with Gasteiger partial charge in [0.2, 0.25) is 0 Å². The van der Waals surface area contributed by atoms with Crippen molar-refractivity contribution in [2.45, 2.75) is 58.7 Å². The van der Waals surface area contributed by atoms with Gasteiger partial charge in [-0.25, -0.2) is 0 Å². The molecule has 0 aromatic carbocycles. The third-order valence-corrected chi connectivity index (χ3v) is 2.54. The molecular weight excluding hydrogens is 176 g/mol. The van der Waals surface area contributed by atoms with E-state index in [1.807, 2.05) is 0 Å². The van der Waals surface area contributed by atoms with E-state index in [0.717, 1.165) is 19.3 Å². The van der Waals surface area contributed by atoms with Crippen molar-refractivity contribution in [2.75, 3.05) is 14.2 Å². The largest absolute Gasteiger partial charge is 0.381 e. The summed E-state index contributed by atoms with van der Waals surface area (Å²) in [5, 5.41) is 0. The zero-order chi connectivity index (χ0) is 11.0. The highest BCUT2D eigenvalue weighted by molar-refractivity contribution is 4.67. The summed E-state index contributed by atoms with van der Waals surface area (Å²) in [6, 6.07) is 0. The van der Waals surface area contributed by atoms with Crippen LogP contribution in [0.2, 0.25) is 0 Å². The van der Waals surface area contributed by atoms with E-state index in [1.165, 1.54) is 6.42 Å². The van der Waals surface area contributed by atoms with Gasteiger partial charge < -0.3 is 9.47 Å². The van der Waals surface area contributed by atoms with Gasteiger partial charge in [0.05, 0.1) is 12.2 Å². The molecule has 2 unspecified atom stereocenters. The van der Waals surface area contributed by atoms with Gasteiger partial charge in [-0.15, -0.1) is 0 Å². The monoisotopic (exact) mass is 202 g/mol.